The van der Waals surface area contributed by atoms with Crippen LogP contribution in [0.2, 0.25) is 0 Å². The molecule has 0 aromatic heterocycles. The van der Waals surface area contributed by atoms with Crippen molar-refractivity contribution >= 4 is 11.9 Å². The smallest absolute Gasteiger partial charge is 0.255 e. The third kappa shape index (κ3) is 6.66. The molecule has 1 amide bonds. The van der Waals surface area contributed by atoms with Gasteiger partial charge in [0.1, 0.15) is 5.75 Å². The average molecular weight is 368 g/mol. The van der Waals surface area contributed by atoms with E-state index in [1.807, 2.05) is 25.2 Å². The summed E-state index contributed by atoms with van der Waals surface area (Å²) in [6.07, 6.45) is 1.04. The summed E-state index contributed by atoms with van der Waals surface area (Å²) in [5.41, 5.74) is 8.71. The van der Waals surface area contributed by atoms with Crippen LogP contribution in [0.1, 0.15) is 23.6 Å². The quantitative estimate of drug-likeness (QED) is 0.554. The summed E-state index contributed by atoms with van der Waals surface area (Å²) in [6, 6.07) is 16.2. The Hall–Kier alpha value is -3.02. The number of benzene rings is 2. The van der Waals surface area contributed by atoms with Crippen molar-refractivity contribution in [3.05, 3.63) is 65.2 Å². The maximum absolute atomic E-state index is 10.8. The van der Waals surface area contributed by atoms with Crippen molar-refractivity contribution < 1.29 is 9.53 Å². The Kier molecular flexibility index (Phi) is 7.67. The van der Waals surface area contributed by atoms with Gasteiger partial charge in [-0.25, -0.2) is 0 Å². The molecule has 2 aromatic carbocycles. The zero-order chi connectivity index (χ0) is 19.6. The van der Waals surface area contributed by atoms with Crippen molar-refractivity contribution in [2.24, 2.45) is 10.7 Å². The molecule has 0 bridgehead atoms. The van der Waals surface area contributed by atoms with Gasteiger partial charge in [-0.2, -0.15) is 0 Å². The fraction of sp³-hybridized carbons (Fsp3) is 0.333. The summed E-state index contributed by atoms with van der Waals surface area (Å²) in [4.78, 5) is 17.3. The number of hydrogen-bond donors (Lipinski definition) is 2. The van der Waals surface area contributed by atoms with Gasteiger partial charge < -0.3 is 20.7 Å². The van der Waals surface area contributed by atoms with Gasteiger partial charge in [-0.1, -0.05) is 43.3 Å². The second-order valence-electron chi connectivity index (χ2n) is 6.33. The third-order valence-electron chi connectivity index (χ3n) is 4.15. The van der Waals surface area contributed by atoms with Gasteiger partial charge >= 0.3 is 0 Å². The molecule has 0 fully saturated rings. The van der Waals surface area contributed by atoms with E-state index in [1.165, 1.54) is 11.1 Å². The number of primary amides is 1. The number of guanidine groups is 1. The number of amides is 1. The lowest BCUT2D eigenvalue weighted by Gasteiger charge is -2.22. The number of carbonyl (C=O) groups excluding carboxylic acids is 1. The summed E-state index contributed by atoms with van der Waals surface area (Å²) in [5, 5.41) is 3.35. The van der Waals surface area contributed by atoms with E-state index < -0.39 is 5.91 Å². The Labute approximate surface area is 161 Å². The fourth-order valence-electron chi connectivity index (χ4n) is 2.69. The van der Waals surface area contributed by atoms with E-state index in [0.29, 0.717) is 12.3 Å². The molecule has 27 heavy (non-hydrogen) atoms. The van der Waals surface area contributed by atoms with Crippen LogP contribution in [0.15, 0.2) is 53.5 Å². The monoisotopic (exact) mass is 368 g/mol. The molecule has 3 N–H and O–H groups in total. The summed E-state index contributed by atoms with van der Waals surface area (Å²) in [5.74, 6) is 0.929. The SMILES string of the molecule is CCc1ccc(CN(C)C(=NC)NCc2cccc(OCC(N)=O)c2)cc1. The third-order valence-corrected chi connectivity index (χ3v) is 4.15. The Morgan fingerprint density at radius 1 is 1.15 bits per heavy atom. The molecule has 0 unspecified atom stereocenters. The highest BCUT2D eigenvalue weighted by molar-refractivity contribution is 5.79. The lowest BCUT2D eigenvalue weighted by Crippen LogP contribution is -2.38. The van der Waals surface area contributed by atoms with Crippen LogP contribution in [0.25, 0.3) is 0 Å². The first-order chi connectivity index (χ1) is 13.0. The first-order valence-electron chi connectivity index (χ1n) is 9.01. The predicted octanol–water partition coefficient (Wildman–Crippen LogP) is 2.32. The molecule has 0 radical (unpaired) electrons. The van der Waals surface area contributed by atoms with E-state index in [-0.39, 0.29) is 6.61 Å². The van der Waals surface area contributed by atoms with Crippen LogP contribution in [0.4, 0.5) is 0 Å². The molecule has 2 aromatic rings. The van der Waals surface area contributed by atoms with E-state index in [1.54, 1.807) is 13.1 Å². The summed E-state index contributed by atoms with van der Waals surface area (Å²) in [7, 11) is 3.78. The van der Waals surface area contributed by atoms with Gasteiger partial charge in [0, 0.05) is 27.2 Å². The van der Waals surface area contributed by atoms with E-state index >= 15 is 0 Å². The van der Waals surface area contributed by atoms with E-state index in [4.69, 9.17) is 10.5 Å². The summed E-state index contributed by atoms with van der Waals surface area (Å²) < 4.78 is 5.34. The van der Waals surface area contributed by atoms with Gasteiger partial charge in [-0.05, 0) is 35.2 Å². The fourth-order valence-corrected chi connectivity index (χ4v) is 2.69. The molecule has 0 aliphatic carbocycles. The van der Waals surface area contributed by atoms with Crippen molar-refractivity contribution in [1.29, 1.82) is 0 Å². The predicted molar refractivity (Wildman–Crippen MR) is 109 cm³/mol. The van der Waals surface area contributed by atoms with Gasteiger partial charge in [0.2, 0.25) is 0 Å². The van der Waals surface area contributed by atoms with Gasteiger partial charge in [0.15, 0.2) is 12.6 Å². The highest BCUT2D eigenvalue weighted by Crippen LogP contribution is 2.13. The average Bonchev–Trinajstić information content (AvgIpc) is 2.68. The maximum atomic E-state index is 10.8. The highest BCUT2D eigenvalue weighted by atomic mass is 16.5. The maximum Gasteiger partial charge on any atom is 0.255 e. The summed E-state index contributed by atoms with van der Waals surface area (Å²) >= 11 is 0. The number of aliphatic imine (C=N–C) groups is 1. The van der Waals surface area contributed by atoms with E-state index in [9.17, 15) is 4.79 Å². The minimum Gasteiger partial charge on any atom is -0.484 e. The number of nitrogens with two attached hydrogens (primary N) is 1. The Morgan fingerprint density at radius 3 is 2.48 bits per heavy atom. The van der Waals surface area contributed by atoms with Crippen molar-refractivity contribution in [1.82, 2.24) is 10.2 Å². The molecule has 6 nitrogen and oxygen atoms in total. The molecule has 0 aliphatic heterocycles. The van der Waals surface area contributed by atoms with Gasteiger partial charge in [-0.15, -0.1) is 0 Å². The van der Waals surface area contributed by atoms with Crippen LogP contribution in [0, 0.1) is 0 Å². The molecule has 0 aliphatic rings. The summed E-state index contributed by atoms with van der Waals surface area (Å²) in [6.45, 7) is 3.39. The minimum absolute atomic E-state index is 0.127. The van der Waals surface area contributed by atoms with Crippen LogP contribution in [-0.4, -0.2) is 37.5 Å². The number of aryl methyl sites for hydroxylation is 1. The van der Waals surface area contributed by atoms with Gasteiger partial charge in [0.05, 0.1) is 0 Å². The van der Waals surface area contributed by atoms with E-state index in [0.717, 1.165) is 24.5 Å². The van der Waals surface area contributed by atoms with Crippen molar-refractivity contribution in [2.45, 2.75) is 26.4 Å². The number of hydrogen-bond acceptors (Lipinski definition) is 3. The zero-order valence-electron chi connectivity index (χ0n) is 16.2. The standard InChI is InChI=1S/C21H28N4O2/c1-4-16-8-10-17(11-9-16)14-25(3)21(23-2)24-13-18-6-5-7-19(12-18)27-15-20(22)26/h5-12H,4,13-15H2,1-3H3,(H2,22,26)(H,23,24). The molecular weight excluding hydrogens is 340 g/mol. The Morgan fingerprint density at radius 2 is 1.85 bits per heavy atom. The number of ether oxygens (including phenoxy) is 1. The van der Waals surface area contributed by atoms with Crippen LogP contribution in [0.5, 0.6) is 5.75 Å². The zero-order valence-corrected chi connectivity index (χ0v) is 16.2. The number of nitrogens with zero attached hydrogens (tertiary/aromatic N) is 2. The number of carbonyl (C=O) groups is 1. The molecule has 0 saturated carbocycles. The lowest BCUT2D eigenvalue weighted by atomic mass is 10.1. The minimum atomic E-state index is -0.493. The molecule has 2 rings (SSSR count). The first-order valence-corrected chi connectivity index (χ1v) is 9.01. The van der Waals surface area contributed by atoms with E-state index in [2.05, 4.69) is 46.4 Å². The largest absolute Gasteiger partial charge is 0.484 e. The second-order valence-corrected chi connectivity index (χ2v) is 6.33. The molecule has 0 atom stereocenters. The van der Waals surface area contributed by atoms with Gasteiger partial charge in [0.25, 0.3) is 5.91 Å². The second kappa shape index (κ2) is 10.2. The molecular formula is C21H28N4O2. The Bertz CT molecular complexity index is 772. The van der Waals surface area contributed by atoms with Crippen LogP contribution in [-0.2, 0) is 24.3 Å². The van der Waals surface area contributed by atoms with Crippen LogP contribution in [0.3, 0.4) is 0 Å². The topological polar surface area (TPSA) is 79.9 Å². The van der Waals surface area contributed by atoms with Crippen molar-refractivity contribution in [3.63, 3.8) is 0 Å². The molecule has 0 spiro atoms. The number of rotatable bonds is 8. The molecule has 144 valence electrons. The molecule has 0 heterocycles. The first kappa shape index (κ1) is 20.3. The van der Waals surface area contributed by atoms with Crippen molar-refractivity contribution in [3.8, 4) is 5.75 Å². The van der Waals surface area contributed by atoms with Gasteiger partial charge in [-0.3, -0.25) is 9.79 Å². The normalized spacial score (nSPS) is 11.1. The Balaban J connectivity index is 1.92. The van der Waals surface area contributed by atoms with Crippen molar-refractivity contribution in [2.75, 3.05) is 20.7 Å². The van der Waals surface area contributed by atoms with Crippen LogP contribution >= 0.6 is 0 Å². The molecule has 0 saturated heterocycles. The van der Waals surface area contributed by atoms with Crippen LogP contribution < -0.4 is 15.8 Å². The number of nitrogens with one attached hydrogen (secondary N) is 1. The highest BCUT2D eigenvalue weighted by Gasteiger charge is 2.07. The lowest BCUT2D eigenvalue weighted by molar-refractivity contribution is -0.119. The molecule has 6 heteroatoms.